The molecule has 33 heavy (non-hydrogen) atoms. The molecule has 1 atom stereocenters. The van der Waals surface area contributed by atoms with Crippen LogP contribution in [0.2, 0.25) is 0 Å². The summed E-state index contributed by atoms with van der Waals surface area (Å²) in [7, 11) is 1.55. The van der Waals surface area contributed by atoms with Crippen LogP contribution >= 0.6 is 0 Å². The van der Waals surface area contributed by atoms with Gasteiger partial charge in [-0.15, -0.1) is 0 Å². The van der Waals surface area contributed by atoms with Crippen molar-refractivity contribution in [3.05, 3.63) is 83.9 Å². The second-order valence-corrected chi connectivity index (χ2v) is 8.11. The van der Waals surface area contributed by atoms with Gasteiger partial charge in [-0.05, 0) is 66.6 Å². The van der Waals surface area contributed by atoms with Gasteiger partial charge in [-0.1, -0.05) is 42.5 Å². The number of hydrogen-bond donors (Lipinski definition) is 2. The summed E-state index contributed by atoms with van der Waals surface area (Å²) < 4.78 is 10.8. The molecule has 6 nitrogen and oxygen atoms in total. The van der Waals surface area contributed by atoms with E-state index in [9.17, 15) is 9.59 Å². The number of anilines is 2. The number of ether oxygens (including phenoxy) is 2. The van der Waals surface area contributed by atoms with Crippen LogP contribution in [0.25, 0.3) is 0 Å². The minimum Gasteiger partial charge on any atom is -0.493 e. The summed E-state index contributed by atoms with van der Waals surface area (Å²) in [5.41, 5.74) is 3.87. The van der Waals surface area contributed by atoms with Crippen molar-refractivity contribution in [2.45, 2.75) is 31.6 Å². The minimum atomic E-state index is -0.303. The third-order valence-corrected chi connectivity index (χ3v) is 5.78. The summed E-state index contributed by atoms with van der Waals surface area (Å²) in [4.78, 5) is 25.0. The van der Waals surface area contributed by atoms with E-state index < -0.39 is 0 Å². The molecule has 4 rings (SSSR count). The van der Waals surface area contributed by atoms with Gasteiger partial charge in [0.25, 0.3) is 5.91 Å². The number of aryl methyl sites for hydroxylation is 1. The first-order valence-corrected chi connectivity index (χ1v) is 11.2. The summed E-state index contributed by atoms with van der Waals surface area (Å²) in [6.07, 6.45) is 3.65. The molecule has 0 aliphatic heterocycles. The Morgan fingerprint density at radius 3 is 2.36 bits per heavy atom. The molecule has 2 N–H and O–H groups in total. The van der Waals surface area contributed by atoms with Crippen molar-refractivity contribution in [3.63, 3.8) is 0 Å². The van der Waals surface area contributed by atoms with E-state index in [2.05, 4.69) is 28.8 Å². The van der Waals surface area contributed by atoms with Crippen LogP contribution < -0.4 is 20.1 Å². The lowest BCUT2D eigenvalue weighted by atomic mass is 9.81. The fraction of sp³-hybridized carbons (Fsp3) is 0.259. The standard InChI is InChI=1S/C27H28N2O4/c1-32-24-14-4-5-15-25(24)33-18-27(31)29-22-12-7-11-21(17-22)28-26(30)16-20-10-6-9-19-8-2-3-13-23(19)20/h2-5,7-8,11-15,17,20H,6,9-10,16,18H2,1H3,(H,28,30)(H,29,31). The number of methoxy groups -OCH3 is 1. The fourth-order valence-corrected chi connectivity index (χ4v) is 4.26. The number of fused-ring (bicyclic) bond motifs is 1. The van der Waals surface area contributed by atoms with Crippen molar-refractivity contribution >= 4 is 23.2 Å². The van der Waals surface area contributed by atoms with Gasteiger partial charge in [0.05, 0.1) is 7.11 Å². The molecule has 2 amide bonds. The molecule has 0 saturated carbocycles. The Hall–Kier alpha value is -3.80. The molecule has 1 unspecified atom stereocenters. The lowest BCUT2D eigenvalue weighted by Gasteiger charge is -2.25. The van der Waals surface area contributed by atoms with Crippen LogP contribution in [0.3, 0.4) is 0 Å². The summed E-state index contributed by atoms with van der Waals surface area (Å²) in [6.45, 7) is -0.155. The number of hydrogen-bond acceptors (Lipinski definition) is 4. The van der Waals surface area contributed by atoms with E-state index >= 15 is 0 Å². The Labute approximate surface area is 193 Å². The van der Waals surface area contributed by atoms with E-state index in [1.165, 1.54) is 11.1 Å². The Bertz CT molecular complexity index is 1130. The molecule has 1 aliphatic rings. The third-order valence-electron chi connectivity index (χ3n) is 5.78. The van der Waals surface area contributed by atoms with Crippen molar-refractivity contribution in [2.75, 3.05) is 24.4 Å². The van der Waals surface area contributed by atoms with Gasteiger partial charge in [-0.25, -0.2) is 0 Å². The van der Waals surface area contributed by atoms with Gasteiger partial charge in [0.2, 0.25) is 5.91 Å². The van der Waals surface area contributed by atoms with E-state index in [1.807, 2.05) is 24.3 Å². The molecule has 0 heterocycles. The van der Waals surface area contributed by atoms with Gasteiger partial charge < -0.3 is 20.1 Å². The largest absolute Gasteiger partial charge is 0.493 e. The minimum absolute atomic E-state index is 0.0281. The van der Waals surface area contributed by atoms with Gasteiger partial charge in [0.15, 0.2) is 18.1 Å². The molecular weight excluding hydrogens is 416 g/mol. The summed E-state index contributed by atoms with van der Waals surface area (Å²) in [5, 5.41) is 5.77. The van der Waals surface area contributed by atoms with Crippen LogP contribution in [-0.2, 0) is 16.0 Å². The van der Waals surface area contributed by atoms with Crippen molar-refractivity contribution in [1.82, 2.24) is 0 Å². The first-order valence-electron chi connectivity index (χ1n) is 11.2. The molecule has 0 aromatic heterocycles. The lowest BCUT2D eigenvalue weighted by Crippen LogP contribution is -2.21. The Kier molecular flexibility index (Phi) is 7.25. The van der Waals surface area contributed by atoms with Gasteiger partial charge in [0, 0.05) is 17.8 Å². The highest BCUT2D eigenvalue weighted by Crippen LogP contribution is 2.34. The lowest BCUT2D eigenvalue weighted by molar-refractivity contribution is -0.118. The highest BCUT2D eigenvalue weighted by molar-refractivity contribution is 5.95. The van der Waals surface area contributed by atoms with Gasteiger partial charge in [-0.2, -0.15) is 0 Å². The van der Waals surface area contributed by atoms with E-state index in [0.29, 0.717) is 29.3 Å². The molecule has 3 aromatic carbocycles. The second kappa shape index (κ2) is 10.7. The first kappa shape index (κ1) is 22.4. The molecule has 0 fully saturated rings. The van der Waals surface area contributed by atoms with Crippen molar-refractivity contribution in [1.29, 1.82) is 0 Å². The number of para-hydroxylation sites is 2. The summed E-state index contributed by atoms with van der Waals surface area (Å²) in [5.74, 6) is 0.976. The topological polar surface area (TPSA) is 76.7 Å². The predicted octanol–water partition coefficient (Wildman–Crippen LogP) is 5.16. The van der Waals surface area contributed by atoms with Crippen molar-refractivity contribution in [2.24, 2.45) is 0 Å². The maximum atomic E-state index is 12.7. The van der Waals surface area contributed by atoms with E-state index in [1.54, 1.807) is 37.4 Å². The summed E-state index contributed by atoms with van der Waals surface area (Å²) in [6, 6.07) is 22.7. The van der Waals surface area contributed by atoms with Crippen LogP contribution in [0.1, 0.15) is 36.3 Å². The second-order valence-electron chi connectivity index (χ2n) is 8.11. The molecule has 0 bridgehead atoms. The first-order chi connectivity index (χ1) is 16.1. The van der Waals surface area contributed by atoms with E-state index in [4.69, 9.17) is 9.47 Å². The number of carbonyl (C=O) groups excluding carboxylic acids is 2. The quantitative estimate of drug-likeness (QED) is 0.503. The molecule has 0 saturated heterocycles. The van der Waals surface area contributed by atoms with Gasteiger partial charge in [0.1, 0.15) is 0 Å². The average molecular weight is 445 g/mol. The number of benzene rings is 3. The van der Waals surface area contributed by atoms with Crippen molar-refractivity contribution < 1.29 is 19.1 Å². The molecule has 0 radical (unpaired) electrons. The Balaban J connectivity index is 1.31. The average Bonchev–Trinajstić information content (AvgIpc) is 2.83. The van der Waals surface area contributed by atoms with Gasteiger partial charge in [-0.3, -0.25) is 9.59 Å². The Morgan fingerprint density at radius 2 is 1.58 bits per heavy atom. The fourth-order valence-electron chi connectivity index (χ4n) is 4.26. The monoisotopic (exact) mass is 444 g/mol. The van der Waals surface area contributed by atoms with Crippen LogP contribution in [0.4, 0.5) is 11.4 Å². The SMILES string of the molecule is COc1ccccc1OCC(=O)Nc1cccc(NC(=O)CC2CCCc3ccccc32)c1. The zero-order chi connectivity index (χ0) is 23.0. The maximum Gasteiger partial charge on any atom is 0.262 e. The number of amides is 2. The van der Waals surface area contributed by atoms with Crippen LogP contribution in [0.15, 0.2) is 72.8 Å². The molecule has 6 heteroatoms. The van der Waals surface area contributed by atoms with E-state index in [-0.39, 0.29) is 24.3 Å². The number of carbonyl (C=O) groups is 2. The normalized spacial score (nSPS) is 14.6. The third kappa shape index (κ3) is 5.92. The van der Waals surface area contributed by atoms with Crippen LogP contribution in [-0.4, -0.2) is 25.5 Å². The molecule has 3 aromatic rings. The zero-order valence-corrected chi connectivity index (χ0v) is 18.7. The molecule has 1 aliphatic carbocycles. The maximum absolute atomic E-state index is 12.7. The van der Waals surface area contributed by atoms with Crippen LogP contribution in [0, 0.1) is 0 Å². The molecular formula is C27H28N2O4. The molecule has 170 valence electrons. The molecule has 0 spiro atoms. The van der Waals surface area contributed by atoms with Crippen LogP contribution in [0.5, 0.6) is 11.5 Å². The highest BCUT2D eigenvalue weighted by atomic mass is 16.5. The smallest absolute Gasteiger partial charge is 0.262 e. The highest BCUT2D eigenvalue weighted by Gasteiger charge is 2.22. The zero-order valence-electron chi connectivity index (χ0n) is 18.7. The number of rotatable bonds is 8. The predicted molar refractivity (Wildman–Crippen MR) is 129 cm³/mol. The van der Waals surface area contributed by atoms with Crippen molar-refractivity contribution in [3.8, 4) is 11.5 Å². The Morgan fingerprint density at radius 1 is 0.879 bits per heavy atom. The number of nitrogens with one attached hydrogen (secondary N) is 2. The van der Waals surface area contributed by atoms with Gasteiger partial charge >= 0.3 is 0 Å². The summed E-state index contributed by atoms with van der Waals surface area (Å²) >= 11 is 0. The van der Waals surface area contributed by atoms with E-state index in [0.717, 1.165) is 19.3 Å².